The Balaban J connectivity index is 1.85. The van der Waals surface area contributed by atoms with E-state index >= 15 is 0 Å². The molecule has 3 aromatic rings. The van der Waals surface area contributed by atoms with Crippen LogP contribution in [0.3, 0.4) is 0 Å². The molecule has 3 rings (SSSR count). The van der Waals surface area contributed by atoms with E-state index in [1.54, 1.807) is 4.57 Å². The van der Waals surface area contributed by atoms with Crippen molar-refractivity contribution in [2.75, 3.05) is 6.61 Å². The molecule has 2 aromatic carbocycles. The summed E-state index contributed by atoms with van der Waals surface area (Å²) in [6.07, 6.45) is 0. The highest BCUT2D eigenvalue weighted by Crippen LogP contribution is 2.14. The lowest BCUT2D eigenvalue weighted by molar-refractivity contribution is -0.122. The average Bonchev–Trinajstić information content (AvgIpc) is 2.91. The average molecular weight is 339 g/mol. The van der Waals surface area contributed by atoms with Crippen molar-refractivity contribution in [2.24, 2.45) is 0 Å². The summed E-state index contributed by atoms with van der Waals surface area (Å²) in [5.41, 5.74) is 2.15. The first kappa shape index (κ1) is 17.0. The van der Waals surface area contributed by atoms with E-state index in [4.69, 9.17) is 0 Å². The van der Waals surface area contributed by atoms with E-state index in [1.807, 2.05) is 61.5 Å². The first-order chi connectivity index (χ1) is 12.2. The molecule has 6 nitrogen and oxygen atoms in total. The minimum absolute atomic E-state index is 0.0876. The molecule has 1 heterocycles. The number of aromatic nitrogens is 2. The minimum Gasteiger partial charge on any atom is -0.394 e. The number of nitrogens with one attached hydrogen (secondary N) is 1. The highest BCUT2D eigenvalue weighted by molar-refractivity contribution is 5.81. The molecule has 0 spiro atoms. The van der Waals surface area contributed by atoms with Gasteiger partial charge < -0.3 is 10.4 Å². The Labute approximate surface area is 145 Å². The van der Waals surface area contributed by atoms with Crippen molar-refractivity contribution >= 4 is 16.9 Å². The fourth-order valence-corrected chi connectivity index (χ4v) is 3.03. The maximum Gasteiger partial charge on any atom is 0.329 e. The second-order valence-electron chi connectivity index (χ2n) is 5.82. The van der Waals surface area contributed by atoms with Gasteiger partial charge in [0.1, 0.15) is 6.54 Å². The number of imidazole rings is 1. The van der Waals surface area contributed by atoms with Crippen molar-refractivity contribution < 1.29 is 9.90 Å². The van der Waals surface area contributed by atoms with Crippen LogP contribution in [0.25, 0.3) is 11.0 Å². The Bertz CT molecular complexity index is 928. The van der Waals surface area contributed by atoms with Crippen LogP contribution in [-0.4, -0.2) is 26.8 Å². The Morgan fingerprint density at radius 3 is 2.24 bits per heavy atom. The molecular formula is C19H21N3O3. The second kappa shape index (κ2) is 7.36. The van der Waals surface area contributed by atoms with Crippen LogP contribution in [0.1, 0.15) is 18.5 Å². The number of benzene rings is 2. The lowest BCUT2D eigenvalue weighted by atomic mass is 10.1. The number of rotatable bonds is 6. The van der Waals surface area contributed by atoms with E-state index in [0.29, 0.717) is 6.54 Å². The fourth-order valence-electron chi connectivity index (χ4n) is 3.03. The van der Waals surface area contributed by atoms with Crippen molar-refractivity contribution in [3.05, 3.63) is 70.6 Å². The van der Waals surface area contributed by atoms with Gasteiger partial charge >= 0.3 is 5.69 Å². The van der Waals surface area contributed by atoms with Crippen LogP contribution in [-0.2, 0) is 17.9 Å². The zero-order valence-corrected chi connectivity index (χ0v) is 14.1. The number of para-hydroxylation sites is 2. The Kier molecular flexibility index (Phi) is 5.00. The molecule has 0 aliphatic heterocycles. The molecule has 0 radical (unpaired) electrons. The van der Waals surface area contributed by atoms with Crippen molar-refractivity contribution in [1.82, 2.24) is 14.5 Å². The number of aliphatic hydroxyl groups is 1. The Morgan fingerprint density at radius 2 is 1.64 bits per heavy atom. The number of amides is 1. The van der Waals surface area contributed by atoms with E-state index in [0.717, 1.165) is 16.6 Å². The zero-order valence-electron chi connectivity index (χ0n) is 14.1. The first-order valence-electron chi connectivity index (χ1n) is 8.29. The smallest absolute Gasteiger partial charge is 0.329 e. The fraction of sp³-hybridized carbons (Fsp3) is 0.263. The lowest BCUT2D eigenvalue weighted by Gasteiger charge is -2.17. The van der Waals surface area contributed by atoms with Crippen LogP contribution in [0.4, 0.5) is 0 Å². The van der Waals surface area contributed by atoms with Crippen molar-refractivity contribution in [3.63, 3.8) is 0 Å². The van der Waals surface area contributed by atoms with Crippen LogP contribution < -0.4 is 11.0 Å². The molecule has 130 valence electrons. The summed E-state index contributed by atoms with van der Waals surface area (Å²) in [4.78, 5) is 25.0. The van der Waals surface area contributed by atoms with E-state index in [9.17, 15) is 14.7 Å². The van der Waals surface area contributed by atoms with Gasteiger partial charge in [0.2, 0.25) is 5.91 Å². The third-order valence-electron chi connectivity index (χ3n) is 4.26. The molecule has 0 aliphatic carbocycles. The van der Waals surface area contributed by atoms with Gasteiger partial charge in [0.25, 0.3) is 0 Å². The molecule has 0 fully saturated rings. The summed E-state index contributed by atoms with van der Waals surface area (Å²) >= 11 is 0. The van der Waals surface area contributed by atoms with Gasteiger partial charge in [-0.25, -0.2) is 4.79 Å². The molecule has 0 bridgehead atoms. The molecule has 6 heteroatoms. The van der Waals surface area contributed by atoms with Crippen LogP contribution in [0.2, 0.25) is 0 Å². The number of hydrogen-bond donors (Lipinski definition) is 2. The summed E-state index contributed by atoms with van der Waals surface area (Å²) in [6, 6.07) is 16.2. The quantitative estimate of drug-likeness (QED) is 0.717. The molecule has 1 amide bonds. The highest BCUT2D eigenvalue weighted by atomic mass is 16.3. The van der Waals surface area contributed by atoms with Gasteiger partial charge in [-0.3, -0.25) is 13.9 Å². The van der Waals surface area contributed by atoms with E-state index in [2.05, 4.69) is 5.32 Å². The van der Waals surface area contributed by atoms with Gasteiger partial charge in [0, 0.05) is 6.54 Å². The predicted octanol–water partition coefficient (Wildman–Crippen LogP) is 1.67. The summed E-state index contributed by atoms with van der Waals surface area (Å²) in [6.45, 7) is 2.14. The summed E-state index contributed by atoms with van der Waals surface area (Å²) in [7, 11) is 0. The topological polar surface area (TPSA) is 76.3 Å². The number of carbonyl (C=O) groups is 1. The number of aryl methyl sites for hydroxylation is 1. The second-order valence-corrected chi connectivity index (χ2v) is 5.82. The van der Waals surface area contributed by atoms with Crippen molar-refractivity contribution in [2.45, 2.75) is 26.1 Å². The monoisotopic (exact) mass is 339 g/mol. The van der Waals surface area contributed by atoms with Gasteiger partial charge in [0.15, 0.2) is 0 Å². The van der Waals surface area contributed by atoms with Crippen molar-refractivity contribution in [3.8, 4) is 0 Å². The van der Waals surface area contributed by atoms with Gasteiger partial charge in [-0.2, -0.15) is 0 Å². The number of carbonyl (C=O) groups excluding carboxylic acids is 1. The van der Waals surface area contributed by atoms with Gasteiger partial charge in [-0.05, 0) is 24.6 Å². The lowest BCUT2D eigenvalue weighted by Crippen LogP contribution is -2.36. The number of fused-ring (bicyclic) bond motifs is 1. The standard InChI is InChI=1S/C19H21N3O3/c1-2-21-16-10-6-7-11-17(16)22(19(21)25)12-18(24)20-15(13-23)14-8-4-3-5-9-14/h3-11,15,23H,2,12-13H2,1H3,(H,20,24). The molecule has 0 saturated carbocycles. The van der Waals surface area contributed by atoms with Gasteiger partial charge in [-0.15, -0.1) is 0 Å². The minimum atomic E-state index is -0.496. The zero-order chi connectivity index (χ0) is 17.8. The largest absolute Gasteiger partial charge is 0.394 e. The van der Waals surface area contributed by atoms with Crippen LogP contribution in [0.5, 0.6) is 0 Å². The first-order valence-corrected chi connectivity index (χ1v) is 8.29. The molecule has 1 unspecified atom stereocenters. The van der Waals surface area contributed by atoms with Crippen LogP contribution in [0, 0.1) is 0 Å². The van der Waals surface area contributed by atoms with Gasteiger partial charge in [0.05, 0.1) is 23.7 Å². The molecular weight excluding hydrogens is 318 g/mol. The number of aliphatic hydroxyl groups excluding tert-OH is 1. The van der Waals surface area contributed by atoms with E-state index in [-0.39, 0.29) is 24.7 Å². The number of hydrogen-bond acceptors (Lipinski definition) is 3. The Morgan fingerprint density at radius 1 is 1.04 bits per heavy atom. The Hall–Kier alpha value is -2.86. The van der Waals surface area contributed by atoms with Crippen molar-refractivity contribution in [1.29, 1.82) is 0 Å². The maximum atomic E-state index is 12.6. The third-order valence-corrected chi connectivity index (χ3v) is 4.26. The summed E-state index contributed by atoms with van der Waals surface area (Å²) in [5, 5.41) is 12.4. The van der Waals surface area contributed by atoms with Crippen LogP contribution >= 0.6 is 0 Å². The SMILES string of the molecule is CCn1c(=O)n(CC(=O)NC(CO)c2ccccc2)c2ccccc21. The normalized spacial score (nSPS) is 12.2. The molecule has 1 atom stereocenters. The highest BCUT2D eigenvalue weighted by Gasteiger charge is 2.17. The molecule has 25 heavy (non-hydrogen) atoms. The van der Waals surface area contributed by atoms with E-state index < -0.39 is 6.04 Å². The predicted molar refractivity (Wildman–Crippen MR) is 96.3 cm³/mol. The maximum absolute atomic E-state index is 12.6. The van der Waals surface area contributed by atoms with E-state index in [1.165, 1.54) is 4.57 Å². The summed E-state index contributed by atoms with van der Waals surface area (Å²) in [5.74, 6) is -0.316. The molecule has 0 saturated heterocycles. The summed E-state index contributed by atoms with van der Waals surface area (Å²) < 4.78 is 3.11. The third kappa shape index (κ3) is 3.34. The van der Waals surface area contributed by atoms with Crippen LogP contribution in [0.15, 0.2) is 59.4 Å². The molecule has 1 aromatic heterocycles. The molecule has 2 N–H and O–H groups in total. The van der Waals surface area contributed by atoms with Gasteiger partial charge in [-0.1, -0.05) is 42.5 Å². The molecule has 0 aliphatic rings. The number of nitrogens with zero attached hydrogens (tertiary/aromatic N) is 2.